The molecule has 0 aromatic heterocycles. The van der Waals surface area contributed by atoms with Gasteiger partial charge in [-0.15, -0.1) is 0 Å². The van der Waals surface area contributed by atoms with E-state index in [4.69, 9.17) is 4.74 Å². The number of carbonyl (C=O) groups excluding carboxylic acids is 3. The average Bonchev–Trinajstić information content (AvgIpc) is 3.43. The minimum absolute atomic E-state index is 0.189. The lowest BCUT2D eigenvalue weighted by Gasteiger charge is -2.26. The number of amides is 2. The van der Waals surface area contributed by atoms with Crippen LogP contribution in [0.3, 0.4) is 0 Å². The minimum Gasteiger partial charge on any atom is -0.425 e. The van der Waals surface area contributed by atoms with Gasteiger partial charge in [0.05, 0.1) is 11.8 Å². The number of ether oxygens (including phenoxy) is 1. The van der Waals surface area contributed by atoms with Gasteiger partial charge in [-0.2, -0.15) is 0 Å². The predicted octanol–water partition coefficient (Wildman–Crippen LogP) is 4.00. The molecule has 3 aliphatic rings. The second-order valence-corrected chi connectivity index (χ2v) is 9.43. The van der Waals surface area contributed by atoms with E-state index in [1.54, 1.807) is 24.3 Å². The van der Waals surface area contributed by atoms with Gasteiger partial charge in [-0.1, -0.05) is 46.3 Å². The van der Waals surface area contributed by atoms with Gasteiger partial charge in [-0.05, 0) is 60.9 Å². The topological polar surface area (TPSA) is 63.7 Å². The summed E-state index contributed by atoms with van der Waals surface area (Å²) in [6, 6.07) is 15.4. The zero-order chi connectivity index (χ0) is 20.8. The first-order valence-electron chi connectivity index (χ1n) is 10.4. The van der Waals surface area contributed by atoms with Gasteiger partial charge < -0.3 is 4.74 Å². The molecule has 30 heavy (non-hydrogen) atoms. The number of rotatable bonds is 5. The highest BCUT2D eigenvalue weighted by Gasteiger charge is 2.62. The maximum absolute atomic E-state index is 13.3. The molecule has 6 heteroatoms. The van der Waals surface area contributed by atoms with Crippen molar-refractivity contribution in [3.63, 3.8) is 0 Å². The van der Waals surface area contributed by atoms with Crippen LogP contribution in [0.15, 0.2) is 59.1 Å². The van der Waals surface area contributed by atoms with Crippen LogP contribution in [0.4, 0.5) is 0 Å². The summed E-state index contributed by atoms with van der Waals surface area (Å²) < 4.78 is 6.47. The Morgan fingerprint density at radius 1 is 0.967 bits per heavy atom. The number of nitrogens with zero attached hydrogens (tertiary/aromatic N) is 1. The van der Waals surface area contributed by atoms with E-state index in [0.717, 1.165) is 29.3 Å². The third-order valence-electron chi connectivity index (χ3n) is 6.85. The van der Waals surface area contributed by atoms with Crippen LogP contribution < -0.4 is 4.74 Å². The van der Waals surface area contributed by atoms with Crippen molar-refractivity contribution in [2.24, 2.45) is 23.7 Å². The molecule has 5 rings (SSSR count). The highest BCUT2D eigenvalue weighted by Crippen LogP contribution is 2.56. The van der Waals surface area contributed by atoms with Crippen molar-refractivity contribution < 1.29 is 19.1 Å². The second kappa shape index (κ2) is 7.65. The molecule has 1 saturated heterocycles. The van der Waals surface area contributed by atoms with Gasteiger partial charge >= 0.3 is 5.97 Å². The van der Waals surface area contributed by atoms with Crippen LogP contribution in [0.5, 0.6) is 5.75 Å². The van der Waals surface area contributed by atoms with Crippen LogP contribution in [0.1, 0.15) is 24.8 Å². The number of fused-ring (bicyclic) bond motifs is 5. The molecule has 1 heterocycles. The van der Waals surface area contributed by atoms with E-state index in [-0.39, 0.29) is 41.9 Å². The van der Waals surface area contributed by atoms with Crippen molar-refractivity contribution in [2.45, 2.75) is 31.7 Å². The van der Waals surface area contributed by atoms with Crippen molar-refractivity contribution in [3.8, 4) is 5.75 Å². The molecule has 154 valence electrons. The summed E-state index contributed by atoms with van der Waals surface area (Å²) in [6.07, 6.45) is 3.23. The van der Waals surface area contributed by atoms with E-state index in [9.17, 15) is 14.4 Å². The Bertz CT molecular complexity index is 962. The van der Waals surface area contributed by atoms with Crippen LogP contribution in [-0.2, 0) is 20.8 Å². The third-order valence-corrected chi connectivity index (χ3v) is 7.38. The number of benzene rings is 2. The molecule has 2 aromatic carbocycles. The highest BCUT2D eigenvalue weighted by molar-refractivity contribution is 9.10. The van der Waals surface area contributed by atoms with E-state index >= 15 is 0 Å². The highest BCUT2D eigenvalue weighted by atomic mass is 79.9. The van der Waals surface area contributed by atoms with Crippen molar-refractivity contribution in [3.05, 3.63) is 64.6 Å². The van der Waals surface area contributed by atoms with Crippen molar-refractivity contribution in [1.29, 1.82) is 0 Å². The summed E-state index contributed by atoms with van der Waals surface area (Å²) in [5.41, 5.74) is 0.885. The number of hydrogen-bond donors (Lipinski definition) is 0. The SMILES string of the molecule is O=C(Oc1ccc(Br)cc1)[C@H](Cc1ccccc1)N1C(=O)[C@@H]2[C@@H]3CC[C@@H](C3)[C@@H]2C1=O. The van der Waals surface area contributed by atoms with Gasteiger partial charge in [0, 0.05) is 10.9 Å². The Morgan fingerprint density at radius 3 is 2.17 bits per heavy atom. The third kappa shape index (κ3) is 3.27. The first-order chi connectivity index (χ1) is 14.5. The molecule has 3 fully saturated rings. The van der Waals surface area contributed by atoms with E-state index in [1.165, 1.54) is 4.90 Å². The van der Waals surface area contributed by atoms with Gasteiger partial charge in [0.25, 0.3) is 0 Å². The summed E-state index contributed by atoms with van der Waals surface area (Å²) in [6.45, 7) is 0. The Kier molecular flexibility index (Phi) is 4.97. The molecule has 2 aromatic rings. The Balaban J connectivity index is 1.45. The first kappa shape index (κ1) is 19.5. The van der Waals surface area contributed by atoms with E-state index in [0.29, 0.717) is 5.75 Å². The largest absolute Gasteiger partial charge is 0.425 e. The number of likely N-dealkylation sites (tertiary alicyclic amines) is 1. The molecule has 0 spiro atoms. The van der Waals surface area contributed by atoms with Crippen LogP contribution in [-0.4, -0.2) is 28.7 Å². The van der Waals surface area contributed by atoms with Gasteiger partial charge in [-0.25, -0.2) is 4.79 Å². The average molecular weight is 468 g/mol. The summed E-state index contributed by atoms with van der Waals surface area (Å²) in [5, 5.41) is 0. The van der Waals surface area contributed by atoms with Crippen LogP contribution >= 0.6 is 15.9 Å². The molecule has 0 radical (unpaired) electrons. The van der Waals surface area contributed by atoms with Gasteiger partial charge in [0.2, 0.25) is 11.8 Å². The fourth-order valence-electron chi connectivity index (χ4n) is 5.54. The van der Waals surface area contributed by atoms with E-state index < -0.39 is 12.0 Å². The smallest absolute Gasteiger partial charge is 0.335 e. The van der Waals surface area contributed by atoms with Crippen molar-refractivity contribution in [1.82, 2.24) is 4.90 Å². The summed E-state index contributed by atoms with van der Waals surface area (Å²) >= 11 is 3.36. The summed E-state index contributed by atoms with van der Waals surface area (Å²) in [5.74, 6) is -0.514. The molecule has 5 nitrogen and oxygen atoms in total. The van der Waals surface area contributed by atoms with Crippen molar-refractivity contribution in [2.75, 3.05) is 0 Å². The van der Waals surface area contributed by atoms with Gasteiger partial charge in [0.15, 0.2) is 0 Å². The molecule has 0 N–H and O–H groups in total. The monoisotopic (exact) mass is 467 g/mol. The van der Waals surface area contributed by atoms with Gasteiger partial charge in [0.1, 0.15) is 11.8 Å². The predicted molar refractivity (Wildman–Crippen MR) is 113 cm³/mol. The Labute approximate surface area is 183 Å². The Morgan fingerprint density at radius 2 is 1.57 bits per heavy atom. The lowest BCUT2D eigenvalue weighted by atomic mass is 9.81. The Hall–Kier alpha value is -2.47. The maximum Gasteiger partial charge on any atom is 0.335 e. The second-order valence-electron chi connectivity index (χ2n) is 8.51. The van der Waals surface area contributed by atoms with Crippen molar-refractivity contribution >= 4 is 33.7 Å². The first-order valence-corrected chi connectivity index (χ1v) is 11.2. The molecule has 5 atom stereocenters. The number of esters is 1. The molecular formula is C24H22BrNO4. The number of hydrogen-bond acceptors (Lipinski definition) is 4. The molecule has 2 saturated carbocycles. The zero-order valence-corrected chi connectivity index (χ0v) is 18.0. The normalized spacial score (nSPS) is 28.0. The zero-order valence-electron chi connectivity index (χ0n) is 16.4. The van der Waals surface area contributed by atoms with Gasteiger partial charge in [-0.3, -0.25) is 14.5 Å². The van der Waals surface area contributed by atoms with Crippen LogP contribution in [0.2, 0.25) is 0 Å². The fraction of sp³-hybridized carbons (Fsp3) is 0.375. The van der Waals surface area contributed by atoms with Crippen LogP contribution in [0, 0.1) is 23.7 Å². The molecule has 2 bridgehead atoms. The summed E-state index contributed by atoms with van der Waals surface area (Å²) in [7, 11) is 0. The standard InChI is InChI=1S/C24H22BrNO4/c25-17-8-10-18(11-9-17)30-24(29)19(12-14-4-2-1-3-5-14)26-22(27)20-15-6-7-16(13-15)21(20)23(26)28/h1-5,8-11,15-16,19-21H,6-7,12-13H2/t15-,16+,19-,20-,21+/m0/s1. The number of carbonyl (C=O) groups is 3. The van der Waals surface area contributed by atoms with Crippen LogP contribution in [0.25, 0.3) is 0 Å². The number of halogens is 1. The minimum atomic E-state index is -0.957. The van der Waals surface area contributed by atoms with E-state index in [2.05, 4.69) is 15.9 Å². The lowest BCUT2D eigenvalue weighted by molar-refractivity contribution is -0.154. The number of imide groups is 1. The molecule has 2 amide bonds. The molecule has 0 unspecified atom stereocenters. The van der Waals surface area contributed by atoms with E-state index in [1.807, 2.05) is 30.3 Å². The molecule has 1 aliphatic heterocycles. The lowest BCUT2D eigenvalue weighted by Crippen LogP contribution is -2.49. The molecular weight excluding hydrogens is 446 g/mol. The molecule has 2 aliphatic carbocycles. The fourth-order valence-corrected chi connectivity index (χ4v) is 5.81. The maximum atomic E-state index is 13.3. The quantitative estimate of drug-likeness (QED) is 0.378. The summed E-state index contributed by atoms with van der Waals surface area (Å²) in [4.78, 5) is 41.1.